The van der Waals surface area contributed by atoms with E-state index >= 15 is 0 Å². The number of carbonyl (C=O) groups is 1. The first kappa shape index (κ1) is 14.5. The molecule has 1 saturated heterocycles. The molecule has 0 aromatic heterocycles. The van der Waals surface area contributed by atoms with Gasteiger partial charge in [-0.3, -0.25) is 4.79 Å². The fourth-order valence-corrected chi connectivity index (χ4v) is 1.79. The average molecular weight is 242 g/mol. The van der Waals surface area contributed by atoms with Gasteiger partial charge in [0, 0.05) is 26.1 Å². The van der Waals surface area contributed by atoms with E-state index in [0.29, 0.717) is 38.6 Å². The lowest BCUT2D eigenvalue weighted by Gasteiger charge is -2.34. The maximum absolute atomic E-state index is 12.1. The largest absolute Gasteiger partial charge is 0.373 e. The zero-order valence-corrected chi connectivity index (χ0v) is 11.5. The molecule has 2 N–H and O–H groups in total. The summed E-state index contributed by atoms with van der Waals surface area (Å²) < 4.78 is 5.46. The highest BCUT2D eigenvalue weighted by Gasteiger charge is 2.28. The molecule has 2 unspecified atom stereocenters. The number of nitrogens with two attached hydrogens (primary N) is 1. The van der Waals surface area contributed by atoms with Crippen LogP contribution >= 0.6 is 0 Å². The van der Waals surface area contributed by atoms with Gasteiger partial charge in [0.25, 0.3) is 0 Å². The van der Waals surface area contributed by atoms with Gasteiger partial charge in [0.15, 0.2) is 0 Å². The fraction of sp³-hybridized carbons (Fsp3) is 0.923. The minimum atomic E-state index is 0.0117. The van der Waals surface area contributed by atoms with E-state index in [-0.39, 0.29) is 17.4 Å². The molecule has 1 heterocycles. The lowest BCUT2D eigenvalue weighted by atomic mass is 9.80. The van der Waals surface area contributed by atoms with E-state index in [1.165, 1.54) is 0 Å². The molecule has 1 aliphatic rings. The second-order valence-corrected chi connectivity index (χ2v) is 6.04. The van der Waals surface area contributed by atoms with Crippen molar-refractivity contribution >= 4 is 5.91 Å². The van der Waals surface area contributed by atoms with Gasteiger partial charge in [-0.05, 0) is 11.3 Å². The first-order chi connectivity index (χ1) is 7.84. The summed E-state index contributed by atoms with van der Waals surface area (Å²) in [5.41, 5.74) is 5.75. The first-order valence-electron chi connectivity index (χ1n) is 6.44. The number of amides is 1. The van der Waals surface area contributed by atoms with E-state index in [2.05, 4.69) is 27.7 Å². The highest BCUT2D eigenvalue weighted by atomic mass is 16.5. The molecule has 0 radical (unpaired) electrons. The SMILES string of the molecule is CC(CC(=O)N1CCOC(CN)C1)C(C)(C)C. The number of carbonyl (C=O) groups excluding carboxylic acids is 1. The molecule has 4 heteroatoms. The molecule has 0 bridgehead atoms. The van der Waals surface area contributed by atoms with Crippen LogP contribution in [-0.2, 0) is 9.53 Å². The second-order valence-electron chi connectivity index (χ2n) is 6.04. The smallest absolute Gasteiger partial charge is 0.223 e. The lowest BCUT2D eigenvalue weighted by molar-refractivity contribution is -0.140. The Morgan fingerprint density at radius 3 is 2.71 bits per heavy atom. The topological polar surface area (TPSA) is 55.6 Å². The molecule has 17 heavy (non-hydrogen) atoms. The van der Waals surface area contributed by atoms with E-state index in [4.69, 9.17) is 10.5 Å². The van der Waals surface area contributed by atoms with E-state index < -0.39 is 0 Å². The highest BCUT2D eigenvalue weighted by Crippen LogP contribution is 2.28. The van der Waals surface area contributed by atoms with Crippen molar-refractivity contribution < 1.29 is 9.53 Å². The molecule has 0 saturated carbocycles. The van der Waals surface area contributed by atoms with E-state index in [9.17, 15) is 4.79 Å². The van der Waals surface area contributed by atoms with Crippen LogP contribution in [0.25, 0.3) is 0 Å². The standard InChI is InChI=1S/C13H26N2O2/c1-10(13(2,3)4)7-12(16)15-5-6-17-11(8-14)9-15/h10-11H,5-9,14H2,1-4H3. The third-order valence-corrected chi connectivity index (χ3v) is 3.71. The minimum Gasteiger partial charge on any atom is -0.373 e. The van der Waals surface area contributed by atoms with Crippen LogP contribution in [0.3, 0.4) is 0 Å². The van der Waals surface area contributed by atoms with Crippen molar-refractivity contribution in [3.63, 3.8) is 0 Å². The van der Waals surface area contributed by atoms with Crippen LogP contribution in [0.1, 0.15) is 34.1 Å². The Morgan fingerprint density at radius 2 is 2.18 bits per heavy atom. The van der Waals surface area contributed by atoms with Crippen molar-refractivity contribution in [3.8, 4) is 0 Å². The van der Waals surface area contributed by atoms with Gasteiger partial charge in [0.1, 0.15) is 0 Å². The molecule has 1 fully saturated rings. The lowest BCUT2D eigenvalue weighted by Crippen LogP contribution is -2.48. The Labute approximate surface area is 104 Å². The maximum atomic E-state index is 12.1. The van der Waals surface area contributed by atoms with E-state index in [1.807, 2.05) is 4.90 Å². The van der Waals surface area contributed by atoms with Crippen molar-refractivity contribution in [1.29, 1.82) is 0 Å². The first-order valence-corrected chi connectivity index (χ1v) is 6.44. The average Bonchev–Trinajstić information content (AvgIpc) is 2.27. The summed E-state index contributed by atoms with van der Waals surface area (Å²) in [5.74, 6) is 0.614. The fourth-order valence-electron chi connectivity index (χ4n) is 1.79. The van der Waals surface area contributed by atoms with Gasteiger partial charge in [-0.25, -0.2) is 0 Å². The van der Waals surface area contributed by atoms with Crippen LogP contribution in [0.15, 0.2) is 0 Å². The predicted molar refractivity (Wildman–Crippen MR) is 68.6 cm³/mol. The molecule has 4 nitrogen and oxygen atoms in total. The molecular weight excluding hydrogens is 216 g/mol. The summed E-state index contributed by atoms with van der Waals surface area (Å²) in [7, 11) is 0. The third-order valence-electron chi connectivity index (χ3n) is 3.71. The zero-order valence-electron chi connectivity index (χ0n) is 11.5. The number of hydrogen-bond donors (Lipinski definition) is 1. The van der Waals surface area contributed by atoms with Crippen molar-refractivity contribution in [3.05, 3.63) is 0 Å². The van der Waals surface area contributed by atoms with Crippen molar-refractivity contribution in [2.45, 2.75) is 40.2 Å². The monoisotopic (exact) mass is 242 g/mol. The Balaban J connectivity index is 2.47. The summed E-state index contributed by atoms with van der Waals surface area (Å²) in [6, 6.07) is 0. The van der Waals surface area contributed by atoms with Crippen molar-refractivity contribution in [2.24, 2.45) is 17.1 Å². The van der Waals surface area contributed by atoms with E-state index in [1.54, 1.807) is 0 Å². The van der Waals surface area contributed by atoms with Crippen LogP contribution in [-0.4, -0.2) is 43.2 Å². The van der Waals surface area contributed by atoms with Crippen molar-refractivity contribution in [2.75, 3.05) is 26.2 Å². The molecule has 1 rings (SSSR count). The molecule has 100 valence electrons. The van der Waals surface area contributed by atoms with Crippen LogP contribution < -0.4 is 5.73 Å². The minimum absolute atomic E-state index is 0.0117. The number of hydrogen-bond acceptors (Lipinski definition) is 3. The second kappa shape index (κ2) is 5.83. The van der Waals surface area contributed by atoms with Gasteiger partial charge in [-0.1, -0.05) is 27.7 Å². The molecule has 1 amide bonds. The van der Waals surface area contributed by atoms with E-state index in [0.717, 1.165) is 0 Å². The number of nitrogens with zero attached hydrogens (tertiary/aromatic N) is 1. The number of ether oxygens (including phenoxy) is 1. The Kier molecular flexibility index (Phi) is 4.95. The van der Waals surface area contributed by atoms with Gasteiger partial charge in [-0.2, -0.15) is 0 Å². The molecule has 0 aliphatic carbocycles. The predicted octanol–water partition coefficient (Wildman–Crippen LogP) is 1.24. The Morgan fingerprint density at radius 1 is 1.53 bits per heavy atom. The summed E-state index contributed by atoms with van der Waals surface area (Å²) in [6.07, 6.45) is 0.624. The molecular formula is C13H26N2O2. The Bertz CT molecular complexity index is 261. The molecule has 0 aromatic rings. The van der Waals surface area contributed by atoms with Gasteiger partial charge in [0.2, 0.25) is 5.91 Å². The van der Waals surface area contributed by atoms with Crippen LogP contribution in [0.4, 0.5) is 0 Å². The summed E-state index contributed by atoms with van der Waals surface area (Å²) in [4.78, 5) is 14.0. The highest BCUT2D eigenvalue weighted by molar-refractivity contribution is 5.76. The number of rotatable bonds is 3. The summed E-state index contributed by atoms with van der Waals surface area (Å²) >= 11 is 0. The van der Waals surface area contributed by atoms with Gasteiger partial charge in [0.05, 0.1) is 12.7 Å². The van der Waals surface area contributed by atoms with Crippen molar-refractivity contribution in [1.82, 2.24) is 4.90 Å². The third kappa shape index (κ3) is 4.28. The summed E-state index contributed by atoms with van der Waals surface area (Å²) in [5, 5.41) is 0. The number of morpholine rings is 1. The quantitative estimate of drug-likeness (QED) is 0.810. The molecule has 0 spiro atoms. The van der Waals surface area contributed by atoms with Crippen LogP contribution in [0, 0.1) is 11.3 Å². The normalized spacial score (nSPS) is 23.6. The van der Waals surface area contributed by atoms with Gasteiger partial charge in [-0.15, -0.1) is 0 Å². The van der Waals surface area contributed by atoms with Gasteiger partial charge < -0.3 is 15.4 Å². The summed E-state index contributed by atoms with van der Waals surface area (Å²) in [6.45, 7) is 11.1. The van der Waals surface area contributed by atoms with Crippen LogP contribution in [0.2, 0.25) is 0 Å². The Hall–Kier alpha value is -0.610. The van der Waals surface area contributed by atoms with Gasteiger partial charge >= 0.3 is 0 Å². The maximum Gasteiger partial charge on any atom is 0.223 e. The molecule has 0 aromatic carbocycles. The van der Waals surface area contributed by atoms with Crippen LogP contribution in [0.5, 0.6) is 0 Å². The molecule has 1 aliphatic heterocycles. The molecule has 2 atom stereocenters. The zero-order chi connectivity index (χ0) is 13.1.